The van der Waals surface area contributed by atoms with Crippen LogP contribution in [0, 0.1) is 4.91 Å². The molecule has 0 aliphatic carbocycles. The lowest BCUT2D eigenvalue weighted by Crippen LogP contribution is -2.54. The van der Waals surface area contributed by atoms with E-state index in [0.29, 0.717) is 12.2 Å². The molecule has 1 aliphatic rings. The van der Waals surface area contributed by atoms with Gasteiger partial charge in [-0.15, -0.1) is 4.91 Å². The second-order valence-corrected chi connectivity index (χ2v) is 7.02. The number of ether oxygens (including phenoxy) is 1. The number of rotatable bonds is 3. The Morgan fingerprint density at radius 3 is 2.43 bits per heavy atom. The maximum Gasteiger partial charge on any atom is 0.410 e. The fourth-order valence-corrected chi connectivity index (χ4v) is 2.69. The van der Waals surface area contributed by atoms with Gasteiger partial charge in [0.15, 0.2) is 0 Å². The third-order valence-electron chi connectivity index (χ3n) is 3.79. The molecule has 23 heavy (non-hydrogen) atoms. The van der Waals surface area contributed by atoms with E-state index < -0.39 is 5.60 Å². The molecule has 1 saturated heterocycles. The van der Waals surface area contributed by atoms with E-state index in [1.54, 1.807) is 17.0 Å². The number of piperazine rings is 1. The van der Waals surface area contributed by atoms with E-state index in [-0.39, 0.29) is 12.1 Å². The molecule has 1 aromatic carbocycles. The number of carbonyl (C=O) groups excluding carboxylic acids is 1. The molecule has 1 heterocycles. The zero-order chi connectivity index (χ0) is 17.0. The van der Waals surface area contributed by atoms with Crippen molar-refractivity contribution < 1.29 is 9.53 Å². The van der Waals surface area contributed by atoms with Crippen molar-refractivity contribution in [2.75, 3.05) is 19.6 Å². The van der Waals surface area contributed by atoms with Crippen molar-refractivity contribution >= 4 is 11.8 Å². The number of nitrogens with zero attached hydrogens (tertiary/aromatic N) is 3. The summed E-state index contributed by atoms with van der Waals surface area (Å²) < 4.78 is 5.46. The predicted molar refractivity (Wildman–Crippen MR) is 89.6 cm³/mol. The highest BCUT2D eigenvalue weighted by Crippen LogP contribution is 2.18. The molecule has 126 valence electrons. The van der Waals surface area contributed by atoms with Crippen molar-refractivity contribution in [2.24, 2.45) is 5.18 Å². The minimum Gasteiger partial charge on any atom is -0.444 e. The summed E-state index contributed by atoms with van der Waals surface area (Å²) in [6.07, 6.45) is -0.244. The molecule has 6 nitrogen and oxygen atoms in total. The first-order valence-electron chi connectivity index (χ1n) is 7.93. The SMILES string of the molecule is C[C@H]1CN(Cc2ccc(N=O)cc2)CCN1C(=O)OC(C)(C)C. The number of hydrogen-bond donors (Lipinski definition) is 0. The van der Waals surface area contributed by atoms with E-state index in [1.165, 1.54) is 0 Å². The molecule has 0 saturated carbocycles. The van der Waals surface area contributed by atoms with Crippen LogP contribution in [0.2, 0.25) is 0 Å². The minimum absolute atomic E-state index is 0.106. The van der Waals surface area contributed by atoms with Gasteiger partial charge in [-0.05, 0) is 50.6 Å². The van der Waals surface area contributed by atoms with Gasteiger partial charge in [0.05, 0.1) is 0 Å². The topological polar surface area (TPSA) is 62.2 Å². The van der Waals surface area contributed by atoms with E-state index in [9.17, 15) is 9.70 Å². The van der Waals surface area contributed by atoms with E-state index in [4.69, 9.17) is 4.74 Å². The van der Waals surface area contributed by atoms with Gasteiger partial charge in [0.25, 0.3) is 0 Å². The Bertz CT molecular complexity index is 551. The number of carbonyl (C=O) groups is 1. The molecule has 0 unspecified atom stereocenters. The number of benzene rings is 1. The van der Waals surface area contributed by atoms with Crippen molar-refractivity contribution in [1.82, 2.24) is 9.80 Å². The first-order valence-corrected chi connectivity index (χ1v) is 7.93. The minimum atomic E-state index is -0.470. The monoisotopic (exact) mass is 319 g/mol. The van der Waals surface area contributed by atoms with Crippen molar-refractivity contribution in [3.8, 4) is 0 Å². The number of amides is 1. The largest absolute Gasteiger partial charge is 0.444 e. The molecule has 1 aliphatic heterocycles. The van der Waals surface area contributed by atoms with Gasteiger partial charge in [0, 0.05) is 32.2 Å². The van der Waals surface area contributed by atoms with E-state index in [1.807, 2.05) is 39.8 Å². The van der Waals surface area contributed by atoms with E-state index in [0.717, 1.165) is 25.2 Å². The van der Waals surface area contributed by atoms with E-state index in [2.05, 4.69) is 10.1 Å². The van der Waals surface area contributed by atoms with Crippen LogP contribution >= 0.6 is 0 Å². The molecule has 6 heteroatoms. The summed E-state index contributed by atoms with van der Waals surface area (Å²) in [5.41, 5.74) is 1.11. The third-order valence-corrected chi connectivity index (χ3v) is 3.79. The summed E-state index contributed by atoms with van der Waals surface area (Å²) in [4.78, 5) is 26.7. The molecule has 1 atom stereocenters. The van der Waals surface area contributed by atoms with Crippen LogP contribution in [0.1, 0.15) is 33.3 Å². The average Bonchev–Trinajstić information content (AvgIpc) is 2.46. The van der Waals surface area contributed by atoms with Crippen molar-refractivity contribution in [1.29, 1.82) is 0 Å². The van der Waals surface area contributed by atoms with Crippen LogP contribution in [-0.4, -0.2) is 47.2 Å². The van der Waals surface area contributed by atoms with Crippen molar-refractivity contribution in [3.05, 3.63) is 34.7 Å². The molecule has 0 spiro atoms. The molecule has 0 aromatic heterocycles. The standard InChI is InChI=1S/C17H25N3O3/c1-13-11-19(12-14-5-7-15(18-22)8-6-14)9-10-20(13)16(21)23-17(2,3)4/h5-8,13H,9-12H2,1-4H3/t13-/m0/s1. The van der Waals surface area contributed by atoms with Gasteiger partial charge in [0.1, 0.15) is 11.3 Å². The summed E-state index contributed by atoms with van der Waals surface area (Å²) in [6.45, 7) is 10.7. The summed E-state index contributed by atoms with van der Waals surface area (Å²) in [6, 6.07) is 7.39. The van der Waals surface area contributed by atoms with Crippen LogP contribution in [0.3, 0.4) is 0 Å². The summed E-state index contributed by atoms with van der Waals surface area (Å²) in [5, 5.41) is 2.91. The zero-order valence-electron chi connectivity index (χ0n) is 14.3. The van der Waals surface area contributed by atoms with Gasteiger partial charge in [-0.2, -0.15) is 0 Å². The lowest BCUT2D eigenvalue weighted by atomic mass is 10.1. The molecule has 0 radical (unpaired) electrons. The maximum absolute atomic E-state index is 12.2. The lowest BCUT2D eigenvalue weighted by molar-refractivity contribution is 0.000563. The second-order valence-electron chi connectivity index (χ2n) is 7.02. The van der Waals surface area contributed by atoms with Crippen LogP contribution in [0.4, 0.5) is 10.5 Å². The molecular formula is C17H25N3O3. The van der Waals surface area contributed by atoms with Crippen LogP contribution in [-0.2, 0) is 11.3 Å². The molecule has 0 bridgehead atoms. The second kappa shape index (κ2) is 7.08. The molecule has 1 aromatic rings. The third kappa shape index (κ3) is 5.03. The zero-order valence-corrected chi connectivity index (χ0v) is 14.3. The van der Waals surface area contributed by atoms with Gasteiger partial charge in [-0.1, -0.05) is 12.1 Å². The first-order chi connectivity index (χ1) is 10.8. The summed E-state index contributed by atoms with van der Waals surface area (Å²) in [5.74, 6) is 0. The summed E-state index contributed by atoms with van der Waals surface area (Å²) >= 11 is 0. The Hall–Kier alpha value is -1.95. The van der Waals surface area contributed by atoms with Gasteiger partial charge >= 0.3 is 6.09 Å². The Labute approximate surface area is 137 Å². The highest BCUT2D eigenvalue weighted by atomic mass is 16.6. The Morgan fingerprint density at radius 1 is 1.26 bits per heavy atom. The fourth-order valence-electron chi connectivity index (χ4n) is 2.69. The fraction of sp³-hybridized carbons (Fsp3) is 0.588. The quantitative estimate of drug-likeness (QED) is 0.800. The predicted octanol–water partition coefficient (Wildman–Crippen LogP) is 3.53. The highest BCUT2D eigenvalue weighted by molar-refractivity contribution is 5.68. The van der Waals surface area contributed by atoms with Crippen LogP contribution in [0.5, 0.6) is 0 Å². The summed E-state index contributed by atoms with van der Waals surface area (Å²) in [7, 11) is 0. The molecular weight excluding hydrogens is 294 g/mol. The van der Waals surface area contributed by atoms with Crippen LogP contribution in [0.25, 0.3) is 0 Å². The maximum atomic E-state index is 12.2. The van der Waals surface area contributed by atoms with Crippen LogP contribution in [0.15, 0.2) is 29.4 Å². The van der Waals surface area contributed by atoms with Gasteiger partial charge in [0.2, 0.25) is 0 Å². The number of hydrogen-bond acceptors (Lipinski definition) is 5. The Balaban J connectivity index is 1.90. The molecule has 0 N–H and O–H groups in total. The smallest absolute Gasteiger partial charge is 0.410 e. The molecule has 1 amide bonds. The molecule has 1 fully saturated rings. The number of nitroso groups, excluding NO2 is 1. The van der Waals surface area contributed by atoms with Gasteiger partial charge in [-0.25, -0.2) is 4.79 Å². The van der Waals surface area contributed by atoms with E-state index >= 15 is 0 Å². The van der Waals surface area contributed by atoms with Crippen LogP contribution < -0.4 is 0 Å². The lowest BCUT2D eigenvalue weighted by Gasteiger charge is -2.40. The van der Waals surface area contributed by atoms with Gasteiger partial charge in [-0.3, -0.25) is 4.90 Å². The normalized spacial score (nSPS) is 19.5. The Morgan fingerprint density at radius 2 is 1.91 bits per heavy atom. The average molecular weight is 319 g/mol. The molecule has 2 rings (SSSR count). The van der Waals surface area contributed by atoms with Crippen molar-refractivity contribution in [2.45, 2.75) is 45.9 Å². The van der Waals surface area contributed by atoms with Gasteiger partial charge < -0.3 is 9.64 Å². The first kappa shape index (κ1) is 17.4. The highest BCUT2D eigenvalue weighted by Gasteiger charge is 2.30. The Kier molecular flexibility index (Phi) is 5.36. The van der Waals surface area contributed by atoms with Crippen molar-refractivity contribution in [3.63, 3.8) is 0 Å².